The van der Waals surface area contributed by atoms with Crippen molar-refractivity contribution in [2.75, 3.05) is 6.54 Å². The third-order valence-corrected chi connectivity index (χ3v) is 9.07. The predicted octanol–water partition coefficient (Wildman–Crippen LogP) is 2.11. The summed E-state index contributed by atoms with van der Waals surface area (Å²) in [4.78, 5) is 54.4. The number of hydrogen-bond donors (Lipinski definition) is 3. The van der Waals surface area contributed by atoms with Gasteiger partial charge in [0.2, 0.25) is 23.6 Å². The smallest absolute Gasteiger partial charge is 0.246 e. The molecular formula is C28H43N5O4. The SMILES string of the molecule is CC(C)(C)C(=O)N[C@H](C(=O)N1CC2C(C1C(=O)N[C@H](C#N)C[C@@H]1CC3(CC3)NC1=O)C2(C)C)C(C)(C)C. The van der Waals surface area contributed by atoms with Crippen LogP contribution >= 0.6 is 0 Å². The van der Waals surface area contributed by atoms with Gasteiger partial charge in [-0.1, -0.05) is 55.4 Å². The molecule has 4 fully saturated rings. The highest BCUT2D eigenvalue weighted by atomic mass is 16.2. The normalized spacial score (nSPS) is 30.6. The first-order valence-corrected chi connectivity index (χ1v) is 13.5. The zero-order valence-corrected chi connectivity index (χ0v) is 23.5. The van der Waals surface area contributed by atoms with E-state index in [9.17, 15) is 24.4 Å². The lowest BCUT2D eigenvalue weighted by Crippen LogP contribution is -2.60. The van der Waals surface area contributed by atoms with E-state index in [1.165, 1.54) is 0 Å². The van der Waals surface area contributed by atoms with Gasteiger partial charge in [0.25, 0.3) is 0 Å². The fourth-order valence-corrected chi connectivity index (χ4v) is 6.31. The Morgan fingerprint density at radius 1 is 1.14 bits per heavy atom. The topological polar surface area (TPSA) is 131 Å². The Morgan fingerprint density at radius 3 is 2.24 bits per heavy atom. The molecule has 2 heterocycles. The van der Waals surface area contributed by atoms with Crippen LogP contribution in [0.25, 0.3) is 0 Å². The van der Waals surface area contributed by atoms with E-state index in [1.54, 1.807) is 25.7 Å². The molecule has 4 amide bonds. The lowest BCUT2D eigenvalue weighted by atomic mass is 9.84. The van der Waals surface area contributed by atoms with E-state index >= 15 is 0 Å². The van der Waals surface area contributed by atoms with Crippen LogP contribution in [0.1, 0.15) is 81.1 Å². The summed E-state index contributed by atoms with van der Waals surface area (Å²) in [6.07, 6.45) is 2.90. The van der Waals surface area contributed by atoms with E-state index in [4.69, 9.17) is 0 Å². The van der Waals surface area contributed by atoms with Crippen molar-refractivity contribution in [2.24, 2.45) is 34.0 Å². The molecule has 2 saturated heterocycles. The minimum absolute atomic E-state index is 0.0146. The van der Waals surface area contributed by atoms with Gasteiger partial charge in [0.1, 0.15) is 18.1 Å². The Morgan fingerprint density at radius 2 is 1.76 bits per heavy atom. The van der Waals surface area contributed by atoms with Crippen LogP contribution in [0.2, 0.25) is 0 Å². The summed E-state index contributed by atoms with van der Waals surface area (Å²) >= 11 is 0. The molecule has 3 unspecified atom stereocenters. The van der Waals surface area contributed by atoms with Gasteiger partial charge in [-0.2, -0.15) is 5.26 Å². The summed E-state index contributed by atoms with van der Waals surface area (Å²) in [7, 11) is 0. The Kier molecular flexibility index (Phi) is 6.45. The summed E-state index contributed by atoms with van der Waals surface area (Å²) < 4.78 is 0. The second-order valence-electron chi connectivity index (χ2n) is 14.5. The van der Waals surface area contributed by atoms with Gasteiger partial charge in [0.15, 0.2) is 0 Å². The van der Waals surface area contributed by atoms with Crippen LogP contribution in [0.4, 0.5) is 0 Å². The molecular weight excluding hydrogens is 470 g/mol. The number of likely N-dealkylation sites (tertiary alicyclic amines) is 1. The highest BCUT2D eigenvalue weighted by Gasteiger charge is 2.70. The van der Waals surface area contributed by atoms with Crippen LogP contribution in [0.15, 0.2) is 0 Å². The number of fused-ring (bicyclic) bond motifs is 1. The van der Waals surface area contributed by atoms with E-state index < -0.39 is 29.0 Å². The highest BCUT2D eigenvalue weighted by molar-refractivity contribution is 5.95. The number of nitriles is 1. The number of rotatable bonds is 6. The maximum absolute atomic E-state index is 13.9. The zero-order valence-electron chi connectivity index (χ0n) is 23.5. The maximum Gasteiger partial charge on any atom is 0.246 e. The monoisotopic (exact) mass is 513 g/mol. The molecule has 1 spiro atoms. The molecule has 37 heavy (non-hydrogen) atoms. The number of carbonyl (C=O) groups is 4. The quantitative estimate of drug-likeness (QED) is 0.501. The van der Waals surface area contributed by atoms with Gasteiger partial charge < -0.3 is 20.9 Å². The summed E-state index contributed by atoms with van der Waals surface area (Å²) in [5.41, 5.74) is -1.41. The third-order valence-electron chi connectivity index (χ3n) is 9.07. The van der Waals surface area contributed by atoms with Crippen LogP contribution in [-0.2, 0) is 19.2 Å². The fourth-order valence-electron chi connectivity index (χ4n) is 6.31. The van der Waals surface area contributed by atoms with E-state index in [1.807, 2.05) is 20.8 Å². The van der Waals surface area contributed by atoms with Crippen LogP contribution < -0.4 is 16.0 Å². The molecule has 0 aromatic carbocycles. The molecule has 204 valence electrons. The van der Waals surface area contributed by atoms with E-state index in [0.717, 1.165) is 12.8 Å². The van der Waals surface area contributed by atoms with Gasteiger partial charge in [0.05, 0.1) is 6.07 Å². The van der Waals surface area contributed by atoms with Crippen molar-refractivity contribution in [3.8, 4) is 6.07 Å². The van der Waals surface area contributed by atoms with Crippen LogP contribution in [0.3, 0.4) is 0 Å². The summed E-state index contributed by atoms with van der Waals surface area (Å²) in [5, 5.41) is 18.7. The van der Waals surface area contributed by atoms with Gasteiger partial charge in [-0.15, -0.1) is 0 Å². The van der Waals surface area contributed by atoms with Gasteiger partial charge in [0, 0.05) is 23.4 Å². The maximum atomic E-state index is 13.9. The van der Waals surface area contributed by atoms with Gasteiger partial charge in [-0.3, -0.25) is 19.2 Å². The molecule has 9 nitrogen and oxygen atoms in total. The second kappa shape index (κ2) is 8.71. The van der Waals surface area contributed by atoms with Gasteiger partial charge in [-0.05, 0) is 48.3 Å². The van der Waals surface area contributed by atoms with Crippen LogP contribution in [0, 0.1) is 45.3 Å². The van der Waals surface area contributed by atoms with Gasteiger partial charge in [-0.25, -0.2) is 0 Å². The van der Waals surface area contributed by atoms with Crippen LogP contribution in [0.5, 0.6) is 0 Å². The Labute approximate surface area is 220 Å². The fraction of sp³-hybridized carbons (Fsp3) is 0.821. The van der Waals surface area contributed by atoms with Crippen molar-refractivity contribution in [1.29, 1.82) is 5.26 Å². The van der Waals surface area contributed by atoms with E-state index in [2.05, 4.69) is 35.9 Å². The summed E-state index contributed by atoms with van der Waals surface area (Å²) in [6, 6.07) is -0.157. The number of amides is 4. The third kappa shape index (κ3) is 5.08. The molecule has 0 aromatic rings. The molecule has 0 aromatic heterocycles. The van der Waals surface area contributed by atoms with Crippen molar-refractivity contribution in [2.45, 2.75) is 105 Å². The molecule has 0 radical (unpaired) electrons. The van der Waals surface area contributed by atoms with Crippen molar-refractivity contribution >= 4 is 23.6 Å². The lowest BCUT2D eigenvalue weighted by molar-refractivity contribution is -0.146. The van der Waals surface area contributed by atoms with E-state index in [-0.39, 0.29) is 58.8 Å². The summed E-state index contributed by atoms with van der Waals surface area (Å²) in [6.45, 7) is 15.8. The predicted molar refractivity (Wildman–Crippen MR) is 137 cm³/mol. The Balaban J connectivity index is 1.51. The van der Waals surface area contributed by atoms with Crippen molar-refractivity contribution in [1.82, 2.24) is 20.9 Å². The first-order valence-electron chi connectivity index (χ1n) is 13.5. The van der Waals surface area contributed by atoms with Crippen molar-refractivity contribution < 1.29 is 19.2 Å². The van der Waals surface area contributed by atoms with E-state index in [0.29, 0.717) is 13.0 Å². The van der Waals surface area contributed by atoms with Crippen molar-refractivity contribution in [3.63, 3.8) is 0 Å². The summed E-state index contributed by atoms with van der Waals surface area (Å²) in [5.74, 6) is -1.02. The van der Waals surface area contributed by atoms with Crippen LogP contribution in [-0.4, -0.2) is 58.7 Å². The van der Waals surface area contributed by atoms with Gasteiger partial charge >= 0.3 is 0 Å². The highest BCUT2D eigenvalue weighted by Crippen LogP contribution is 2.65. The average Bonchev–Trinajstić information content (AvgIpc) is 3.48. The lowest BCUT2D eigenvalue weighted by Gasteiger charge is -2.38. The number of piperidine rings is 1. The van der Waals surface area contributed by atoms with Crippen molar-refractivity contribution in [3.05, 3.63) is 0 Å². The molecule has 2 saturated carbocycles. The molecule has 2 aliphatic heterocycles. The minimum Gasteiger partial charge on any atom is -0.350 e. The molecule has 3 N–H and O–H groups in total. The minimum atomic E-state index is -0.811. The first kappa shape index (κ1) is 27.4. The molecule has 0 bridgehead atoms. The number of nitrogens with one attached hydrogen (secondary N) is 3. The Hall–Kier alpha value is -2.63. The number of carbonyl (C=O) groups excluding carboxylic acids is 4. The second-order valence-corrected chi connectivity index (χ2v) is 14.5. The Bertz CT molecular complexity index is 1040. The molecule has 2 aliphatic carbocycles. The molecule has 6 atom stereocenters. The number of hydrogen-bond acceptors (Lipinski definition) is 5. The standard InChI is InChI=1S/C28H43N5O4/c1-25(2,3)20(31-24(37)26(4,5)6)23(36)33-14-17-18(27(17,7)8)19(33)22(35)30-16(13-29)11-15-12-28(9-10-28)32-21(15)34/h15-20H,9-12,14H2,1-8H3,(H,30,35)(H,31,37)(H,32,34)/t15-,16+,17?,18?,19?,20-/m1/s1. The molecule has 4 aliphatic rings. The molecule has 4 rings (SSSR count). The largest absolute Gasteiger partial charge is 0.350 e. The zero-order chi connectivity index (χ0) is 27.7. The molecule has 9 heteroatoms. The average molecular weight is 514 g/mol. The number of nitrogens with zero attached hydrogens (tertiary/aromatic N) is 2. The first-order chi connectivity index (χ1) is 16.9.